The fourth-order valence-electron chi connectivity index (χ4n) is 2.63. The highest BCUT2D eigenvalue weighted by Crippen LogP contribution is 2.39. The van der Waals surface area contributed by atoms with Crippen LogP contribution in [0.2, 0.25) is 0 Å². The second-order valence-electron chi connectivity index (χ2n) is 5.28. The van der Waals surface area contributed by atoms with Crippen LogP contribution in [0, 0.1) is 17.2 Å². The topological polar surface area (TPSA) is 81.8 Å². The van der Waals surface area contributed by atoms with Crippen LogP contribution < -0.4 is 5.32 Å². The Balaban J connectivity index is 1.84. The van der Waals surface area contributed by atoms with Crippen molar-refractivity contribution in [3.05, 3.63) is 54.0 Å². The van der Waals surface area contributed by atoms with Gasteiger partial charge in [0.2, 0.25) is 0 Å². The van der Waals surface area contributed by atoms with Crippen molar-refractivity contribution in [3.8, 4) is 6.07 Å². The van der Waals surface area contributed by atoms with Crippen molar-refractivity contribution >= 4 is 5.82 Å². The number of nitrogens with zero attached hydrogens (tertiary/aromatic N) is 3. The smallest absolute Gasteiger partial charge is 0.142 e. The minimum Gasteiger partial charge on any atom is -0.393 e. The number of aliphatic hydroxyl groups excluding tert-OH is 1. The molecular weight excluding hydrogens is 264 g/mol. The third-order valence-electron chi connectivity index (χ3n) is 3.79. The monoisotopic (exact) mass is 280 g/mol. The summed E-state index contributed by atoms with van der Waals surface area (Å²) < 4.78 is 0. The van der Waals surface area contributed by atoms with Crippen molar-refractivity contribution in [1.29, 1.82) is 5.26 Å². The zero-order valence-electron chi connectivity index (χ0n) is 11.5. The van der Waals surface area contributed by atoms with E-state index >= 15 is 0 Å². The second kappa shape index (κ2) is 5.90. The first kappa shape index (κ1) is 13.5. The molecule has 2 heterocycles. The standard InChI is InChI=1S/C16H16N4O/c17-10-12-4-3-6-15(19-12)20-16(11-8-13(21)9-11)14-5-1-2-7-18-14/h1-7,11,13,16,21H,8-9H2,(H,19,20)/t11?,13?,16-/m0/s1. The summed E-state index contributed by atoms with van der Waals surface area (Å²) in [7, 11) is 0. The van der Waals surface area contributed by atoms with E-state index in [0.29, 0.717) is 17.4 Å². The van der Waals surface area contributed by atoms with Gasteiger partial charge in [0.05, 0.1) is 17.8 Å². The normalized spacial score (nSPS) is 21.9. The van der Waals surface area contributed by atoms with Gasteiger partial charge in [-0.3, -0.25) is 4.98 Å². The SMILES string of the molecule is N#Cc1cccc(N[C@H](c2ccccn2)C2CC(O)C2)n1. The van der Waals surface area contributed by atoms with E-state index in [-0.39, 0.29) is 12.1 Å². The summed E-state index contributed by atoms with van der Waals surface area (Å²) in [6, 6.07) is 13.2. The summed E-state index contributed by atoms with van der Waals surface area (Å²) in [5, 5.41) is 21.8. The summed E-state index contributed by atoms with van der Waals surface area (Å²) in [6.45, 7) is 0. The van der Waals surface area contributed by atoms with Crippen LogP contribution in [0.15, 0.2) is 42.6 Å². The zero-order valence-corrected chi connectivity index (χ0v) is 11.5. The first-order valence-corrected chi connectivity index (χ1v) is 6.99. The van der Waals surface area contributed by atoms with Crippen molar-refractivity contribution < 1.29 is 5.11 Å². The summed E-state index contributed by atoms with van der Waals surface area (Å²) in [6.07, 6.45) is 3.05. The number of hydrogen-bond acceptors (Lipinski definition) is 5. The molecule has 2 aromatic heterocycles. The number of rotatable bonds is 4. The van der Waals surface area contributed by atoms with Crippen LogP contribution in [0.1, 0.15) is 30.3 Å². The van der Waals surface area contributed by atoms with Gasteiger partial charge in [0.25, 0.3) is 0 Å². The maximum absolute atomic E-state index is 9.56. The van der Waals surface area contributed by atoms with Gasteiger partial charge in [-0.15, -0.1) is 0 Å². The molecule has 0 bridgehead atoms. The van der Waals surface area contributed by atoms with Crippen LogP contribution in [0.3, 0.4) is 0 Å². The molecule has 0 radical (unpaired) electrons. The van der Waals surface area contributed by atoms with Gasteiger partial charge in [-0.05, 0) is 43.0 Å². The van der Waals surface area contributed by atoms with Crippen LogP contribution in [0.4, 0.5) is 5.82 Å². The van der Waals surface area contributed by atoms with Crippen molar-refractivity contribution in [2.45, 2.75) is 25.0 Å². The number of aliphatic hydroxyl groups is 1. The average Bonchev–Trinajstić information content (AvgIpc) is 2.51. The number of nitriles is 1. The minimum atomic E-state index is -0.221. The third-order valence-corrected chi connectivity index (χ3v) is 3.79. The van der Waals surface area contributed by atoms with E-state index in [4.69, 9.17) is 5.26 Å². The van der Waals surface area contributed by atoms with Gasteiger partial charge in [-0.2, -0.15) is 5.26 Å². The molecule has 1 aliphatic carbocycles. The van der Waals surface area contributed by atoms with Crippen LogP contribution in [-0.2, 0) is 0 Å². The Labute approximate surface area is 123 Å². The molecule has 1 atom stereocenters. The molecule has 1 aliphatic rings. The van der Waals surface area contributed by atoms with E-state index in [1.54, 1.807) is 18.3 Å². The molecule has 2 aromatic rings. The molecule has 0 spiro atoms. The van der Waals surface area contributed by atoms with Crippen LogP contribution in [0.25, 0.3) is 0 Å². The molecule has 5 nitrogen and oxygen atoms in total. The summed E-state index contributed by atoms with van der Waals surface area (Å²) >= 11 is 0. The number of hydrogen-bond donors (Lipinski definition) is 2. The summed E-state index contributed by atoms with van der Waals surface area (Å²) in [5.74, 6) is 0.980. The van der Waals surface area contributed by atoms with Gasteiger partial charge >= 0.3 is 0 Å². The largest absolute Gasteiger partial charge is 0.393 e. The molecule has 106 valence electrons. The molecule has 2 N–H and O–H groups in total. The minimum absolute atomic E-state index is 0.00366. The lowest BCUT2D eigenvalue weighted by molar-refractivity contribution is 0.0334. The Hall–Kier alpha value is -2.45. The fourth-order valence-corrected chi connectivity index (χ4v) is 2.63. The average molecular weight is 280 g/mol. The van der Waals surface area contributed by atoms with Gasteiger partial charge in [0, 0.05) is 6.20 Å². The maximum Gasteiger partial charge on any atom is 0.142 e. The van der Waals surface area contributed by atoms with Gasteiger partial charge in [0.1, 0.15) is 17.6 Å². The van der Waals surface area contributed by atoms with Crippen molar-refractivity contribution in [1.82, 2.24) is 9.97 Å². The second-order valence-corrected chi connectivity index (χ2v) is 5.28. The Morgan fingerprint density at radius 3 is 2.76 bits per heavy atom. The lowest BCUT2D eigenvalue weighted by Crippen LogP contribution is -2.36. The lowest BCUT2D eigenvalue weighted by Gasteiger charge is -2.38. The maximum atomic E-state index is 9.56. The summed E-state index contributed by atoms with van der Waals surface area (Å²) in [4.78, 5) is 8.66. The molecule has 1 saturated carbocycles. The number of pyridine rings is 2. The highest BCUT2D eigenvalue weighted by atomic mass is 16.3. The molecule has 21 heavy (non-hydrogen) atoms. The highest BCUT2D eigenvalue weighted by molar-refractivity contribution is 5.41. The third kappa shape index (κ3) is 3.01. The van der Waals surface area contributed by atoms with E-state index in [1.807, 2.05) is 30.3 Å². The van der Waals surface area contributed by atoms with E-state index < -0.39 is 0 Å². The molecule has 0 aliphatic heterocycles. The van der Waals surface area contributed by atoms with Crippen molar-refractivity contribution in [3.63, 3.8) is 0 Å². The predicted molar refractivity (Wildman–Crippen MR) is 78.3 cm³/mol. The van der Waals surface area contributed by atoms with Crippen LogP contribution >= 0.6 is 0 Å². The van der Waals surface area contributed by atoms with Crippen molar-refractivity contribution in [2.24, 2.45) is 5.92 Å². The van der Waals surface area contributed by atoms with Gasteiger partial charge < -0.3 is 10.4 Å². The molecule has 0 saturated heterocycles. The summed E-state index contributed by atoms with van der Waals surface area (Å²) in [5.41, 5.74) is 1.31. The Bertz CT molecular complexity index is 647. The Kier molecular flexibility index (Phi) is 3.80. The van der Waals surface area contributed by atoms with E-state index in [2.05, 4.69) is 15.3 Å². The molecule has 0 aromatic carbocycles. The van der Waals surface area contributed by atoms with Gasteiger partial charge in [-0.25, -0.2) is 4.98 Å². The molecule has 0 unspecified atom stereocenters. The number of anilines is 1. The number of aromatic nitrogens is 2. The fraction of sp³-hybridized carbons (Fsp3) is 0.312. The van der Waals surface area contributed by atoms with Crippen LogP contribution in [0.5, 0.6) is 0 Å². The van der Waals surface area contributed by atoms with E-state index in [9.17, 15) is 5.11 Å². The molecule has 3 rings (SSSR count). The predicted octanol–water partition coefficient (Wildman–Crippen LogP) is 2.27. The van der Waals surface area contributed by atoms with Crippen LogP contribution in [-0.4, -0.2) is 21.2 Å². The van der Waals surface area contributed by atoms with E-state index in [1.165, 1.54) is 0 Å². The van der Waals surface area contributed by atoms with Gasteiger partial charge in [-0.1, -0.05) is 12.1 Å². The number of nitrogens with one attached hydrogen (secondary N) is 1. The van der Waals surface area contributed by atoms with Crippen molar-refractivity contribution in [2.75, 3.05) is 5.32 Å². The first-order chi connectivity index (χ1) is 10.3. The molecular formula is C16H16N4O. The Morgan fingerprint density at radius 2 is 2.10 bits per heavy atom. The highest BCUT2D eigenvalue weighted by Gasteiger charge is 2.35. The first-order valence-electron chi connectivity index (χ1n) is 6.99. The zero-order chi connectivity index (χ0) is 14.7. The molecule has 0 amide bonds. The van der Waals surface area contributed by atoms with E-state index in [0.717, 1.165) is 18.5 Å². The van der Waals surface area contributed by atoms with Gasteiger partial charge in [0.15, 0.2) is 0 Å². The molecule has 1 fully saturated rings. The quantitative estimate of drug-likeness (QED) is 0.897. The molecule has 5 heteroatoms. The Morgan fingerprint density at radius 1 is 1.24 bits per heavy atom. The lowest BCUT2D eigenvalue weighted by atomic mass is 9.76.